The Hall–Kier alpha value is -0.640. The second kappa shape index (κ2) is 5.78. The maximum Gasteiger partial charge on any atom is 0.0345 e. The maximum atomic E-state index is 3.55. The van der Waals surface area contributed by atoms with Crippen LogP contribution in [0, 0.1) is 6.92 Å². The average Bonchev–Trinajstić information content (AvgIpc) is 2.83. The van der Waals surface area contributed by atoms with Crippen LogP contribution >= 0.6 is 27.3 Å². The number of halogens is 1. The van der Waals surface area contributed by atoms with Crippen LogP contribution in [0.15, 0.2) is 34.8 Å². The van der Waals surface area contributed by atoms with Gasteiger partial charge in [0, 0.05) is 26.2 Å². The summed E-state index contributed by atoms with van der Waals surface area (Å²) in [6.45, 7) is 7.69. The minimum atomic E-state index is 0.183. The standard InChI is InChI=1S/C16H20BrNS/c1-11-9-12(5-6-13(11)17)14-7-8-15(19-14)16(2,3)10-18-4/h5-9,18H,10H2,1-4H3. The molecule has 102 valence electrons. The van der Waals surface area contributed by atoms with E-state index >= 15 is 0 Å². The van der Waals surface area contributed by atoms with Crippen LogP contribution < -0.4 is 5.32 Å². The Labute approximate surface area is 128 Å². The Bertz CT molecular complexity index is 572. The van der Waals surface area contributed by atoms with E-state index in [1.807, 2.05) is 18.4 Å². The van der Waals surface area contributed by atoms with E-state index in [-0.39, 0.29) is 5.41 Å². The van der Waals surface area contributed by atoms with E-state index in [0.717, 1.165) is 6.54 Å². The molecule has 1 heterocycles. The summed E-state index contributed by atoms with van der Waals surface area (Å²) in [7, 11) is 2.01. The maximum absolute atomic E-state index is 3.55. The van der Waals surface area contributed by atoms with Gasteiger partial charge in [-0.2, -0.15) is 0 Å². The Morgan fingerprint density at radius 2 is 1.95 bits per heavy atom. The fourth-order valence-electron chi connectivity index (χ4n) is 2.18. The van der Waals surface area contributed by atoms with Crippen LogP contribution in [0.5, 0.6) is 0 Å². The van der Waals surface area contributed by atoms with Crippen LogP contribution in [0.2, 0.25) is 0 Å². The fraction of sp³-hybridized carbons (Fsp3) is 0.375. The van der Waals surface area contributed by atoms with Gasteiger partial charge in [0.1, 0.15) is 0 Å². The molecule has 1 aromatic heterocycles. The van der Waals surface area contributed by atoms with Crippen LogP contribution in [0.4, 0.5) is 0 Å². The van der Waals surface area contributed by atoms with E-state index in [9.17, 15) is 0 Å². The molecule has 1 nitrogen and oxygen atoms in total. The molecule has 0 bridgehead atoms. The molecule has 0 saturated carbocycles. The molecule has 19 heavy (non-hydrogen) atoms. The molecule has 0 amide bonds. The van der Waals surface area contributed by atoms with Crippen molar-refractivity contribution in [1.29, 1.82) is 0 Å². The molecule has 0 aliphatic carbocycles. The first-order chi connectivity index (χ1) is 8.94. The van der Waals surface area contributed by atoms with Crippen molar-refractivity contribution in [1.82, 2.24) is 5.32 Å². The Morgan fingerprint density at radius 3 is 2.58 bits per heavy atom. The topological polar surface area (TPSA) is 12.0 Å². The van der Waals surface area contributed by atoms with Crippen molar-refractivity contribution >= 4 is 27.3 Å². The third kappa shape index (κ3) is 3.28. The molecule has 2 rings (SSSR count). The summed E-state index contributed by atoms with van der Waals surface area (Å²) in [4.78, 5) is 2.77. The highest BCUT2D eigenvalue weighted by Crippen LogP contribution is 2.36. The first kappa shape index (κ1) is 14.8. The highest BCUT2D eigenvalue weighted by Gasteiger charge is 2.21. The van der Waals surface area contributed by atoms with Crippen LogP contribution in [0.25, 0.3) is 10.4 Å². The van der Waals surface area contributed by atoms with Gasteiger partial charge in [0.2, 0.25) is 0 Å². The van der Waals surface area contributed by atoms with Gasteiger partial charge in [-0.05, 0) is 49.4 Å². The summed E-state index contributed by atoms with van der Waals surface area (Å²) < 4.78 is 1.17. The van der Waals surface area contributed by atoms with Gasteiger partial charge < -0.3 is 5.32 Å². The SMILES string of the molecule is CNCC(C)(C)c1ccc(-c2ccc(Br)c(C)c2)s1. The van der Waals surface area contributed by atoms with Gasteiger partial charge in [0.15, 0.2) is 0 Å². The first-order valence-electron chi connectivity index (χ1n) is 6.45. The van der Waals surface area contributed by atoms with E-state index in [1.54, 1.807) is 0 Å². The number of rotatable bonds is 4. The summed E-state index contributed by atoms with van der Waals surface area (Å²) in [6, 6.07) is 11.0. The minimum absolute atomic E-state index is 0.183. The zero-order valence-electron chi connectivity index (χ0n) is 11.9. The summed E-state index contributed by atoms with van der Waals surface area (Å²) in [5, 5.41) is 3.27. The lowest BCUT2D eigenvalue weighted by Crippen LogP contribution is -2.29. The van der Waals surface area contributed by atoms with E-state index in [2.05, 4.69) is 72.3 Å². The highest BCUT2D eigenvalue weighted by atomic mass is 79.9. The molecule has 0 unspecified atom stereocenters. The quantitative estimate of drug-likeness (QED) is 0.829. The molecule has 0 spiro atoms. The molecule has 0 saturated heterocycles. The molecule has 2 aromatic rings. The van der Waals surface area contributed by atoms with Crippen molar-refractivity contribution in [3.05, 3.63) is 45.2 Å². The number of benzene rings is 1. The Kier molecular flexibility index (Phi) is 4.49. The van der Waals surface area contributed by atoms with Gasteiger partial charge in [-0.25, -0.2) is 0 Å². The second-order valence-corrected chi connectivity index (χ2v) is 7.48. The van der Waals surface area contributed by atoms with Gasteiger partial charge in [-0.3, -0.25) is 0 Å². The van der Waals surface area contributed by atoms with Crippen LogP contribution in [0.1, 0.15) is 24.3 Å². The largest absolute Gasteiger partial charge is 0.319 e. The average molecular weight is 338 g/mol. The van der Waals surface area contributed by atoms with Crippen LogP contribution in [-0.4, -0.2) is 13.6 Å². The summed E-state index contributed by atoms with van der Waals surface area (Å²) in [5.41, 5.74) is 2.77. The smallest absolute Gasteiger partial charge is 0.0345 e. The number of hydrogen-bond acceptors (Lipinski definition) is 2. The van der Waals surface area contributed by atoms with Crippen molar-refractivity contribution in [3.63, 3.8) is 0 Å². The molecule has 1 aromatic carbocycles. The normalized spacial score (nSPS) is 11.8. The molecular formula is C16H20BrNS. The van der Waals surface area contributed by atoms with Crippen molar-refractivity contribution < 1.29 is 0 Å². The molecular weight excluding hydrogens is 318 g/mol. The van der Waals surface area contributed by atoms with Crippen molar-refractivity contribution in [2.24, 2.45) is 0 Å². The molecule has 0 atom stereocenters. The third-order valence-electron chi connectivity index (χ3n) is 3.33. The van der Waals surface area contributed by atoms with Gasteiger partial charge in [0.25, 0.3) is 0 Å². The third-order valence-corrected chi connectivity index (χ3v) is 5.72. The van der Waals surface area contributed by atoms with E-state index in [4.69, 9.17) is 0 Å². The predicted molar refractivity (Wildman–Crippen MR) is 89.1 cm³/mol. The lowest BCUT2D eigenvalue weighted by atomic mass is 9.91. The van der Waals surface area contributed by atoms with Crippen molar-refractivity contribution in [2.45, 2.75) is 26.2 Å². The van der Waals surface area contributed by atoms with E-state index in [0.29, 0.717) is 0 Å². The monoisotopic (exact) mass is 337 g/mol. The van der Waals surface area contributed by atoms with Crippen LogP contribution in [-0.2, 0) is 5.41 Å². The number of hydrogen-bond donors (Lipinski definition) is 1. The molecule has 3 heteroatoms. The fourth-order valence-corrected chi connectivity index (χ4v) is 3.53. The number of thiophene rings is 1. The van der Waals surface area contributed by atoms with Crippen molar-refractivity contribution in [2.75, 3.05) is 13.6 Å². The number of aryl methyl sites for hydroxylation is 1. The molecule has 0 radical (unpaired) electrons. The lowest BCUT2D eigenvalue weighted by Gasteiger charge is -2.22. The minimum Gasteiger partial charge on any atom is -0.319 e. The summed E-state index contributed by atoms with van der Waals surface area (Å²) >= 11 is 5.45. The van der Waals surface area contributed by atoms with Crippen LogP contribution in [0.3, 0.4) is 0 Å². The van der Waals surface area contributed by atoms with Gasteiger partial charge in [0.05, 0.1) is 0 Å². The van der Waals surface area contributed by atoms with Gasteiger partial charge >= 0.3 is 0 Å². The summed E-state index contributed by atoms with van der Waals surface area (Å²) in [6.07, 6.45) is 0. The molecule has 1 N–H and O–H groups in total. The molecule has 0 aliphatic heterocycles. The van der Waals surface area contributed by atoms with Gasteiger partial charge in [-0.15, -0.1) is 11.3 Å². The molecule has 0 aliphatic rings. The first-order valence-corrected chi connectivity index (χ1v) is 8.06. The second-order valence-electron chi connectivity index (χ2n) is 5.54. The Balaban J connectivity index is 2.33. The zero-order chi connectivity index (χ0) is 14.0. The van der Waals surface area contributed by atoms with Crippen molar-refractivity contribution in [3.8, 4) is 10.4 Å². The molecule has 0 fully saturated rings. The van der Waals surface area contributed by atoms with Gasteiger partial charge in [-0.1, -0.05) is 35.8 Å². The highest BCUT2D eigenvalue weighted by molar-refractivity contribution is 9.10. The number of nitrogens with one attached hydrogen (secondary N) is 1. The van der Waals surface area contributed by atoms with E-state index in [1.165, 1.54) is 25.4 Å². The van der Waals surface area contributed by atoms with E-state index < -0.39 is 0 Å². The Morgan fingerprint density at radius 1 is 1.21 bits per heavy atom. The number of likely N-dealkylation sites (N-methyl/N-ethyl adjacent to an activating group) is 1. The zero-order valence-corrected chi connectivity index (χ0v) is 14.3. The lowest BCUT2D eigenvalue weighted by molar-refractivity contribution is 0.503. The summed E-state index contributed by atoms with van der Waals surface area (Å²) in [5.74, 6) is 0. The predicted octanol–water partition coefficient (Wildman–Crippen LogP) is 4.98.